The number of piperidine rings is 1. The van der Waals surface area contributed by atoms with Crippen LogP contribution in [0.4, 0.5) is 10.5 Å². The molecule has 0 radical (unpaired) electrons. The molecule has 1 aliphatic rings. The normalized spacial score (nSPS) is 14.8. The summed E-state index contributed by atoms with van der Waals surface area (Å²) in [5.74, 6) is -0.673. The number of amides is 3. The number of hydrogen-bond donors (Lipinski definition) is 3. The average molecular weight is 428 g/mol. The number of hydrogen-bond acceptors (Lipinski definition) is 5. The van der Waals surface area contributed by atoms with Crippen molar-refractivity contribution in [3.05, 3.63) is 47.3 Å². The second kappa shape index (κ2) is 9.20. The monoisotopic (exact) mass is 427 g/mol. The fourth-order valence-corrected chi connectivity index (χ4v) is 3.24. The van der Waals surface area contributed by atoms with Crippen LogP contribution in [0.25, 0.3) is 0 Å². The summed E-state index contributed by atoms with van der Waals surface area (Å²) in [6.07, 6.45) is 2.30. The Bertz CT molecular complexity index is 938. The third-order valence-corrected chi connectivity index (χ3v) is 4.91. The molecule has 166 valence electrons. The lowest BCUT2D eigenvalue weighted by Gasteiger charge is -2.33. The van der Waals surface area contributed by atoms with Gasteiger partial charge >= 0.3 is 6.09 Å². The SMILES string of the molecule is Cc1ccc(C(=O)Nc2cn[nH]c2C(=O)NC2CCN(C(=O)OC(C)(C)C)CC2)cc1. The van der Waals surface area contributed by atoms with Crippen molar-refractivity contribution in [2.45, 2.75) is 52.2 Å². The van der Waals surface area contributed by atoms with E-state index in [2.05, 4.69) is 20.8 Å². The number of anilines is 1. The van der Waals surface area contributed by atoms with Crippen LogP contribution < -0.4 is 10.6 Å². The van der Waals surface area contributed by atoms with Crippen molar-refractivity contribution < 1.29 is 19.1 Å². The van der Waals surface area contributed by atoms with E-state index >= 15 is 0 Å². The Balaban J connectivity index is 1.54. The number of rotatable bonds is 4. The largest absolute Gasteiger partial charge is 0.444 e. The minimum atomic E-state index is -0.540. The molecule has 9 nitrogen and oxygen atoms in total. The lowest BCUT2D eigenvalue weighted by Crippen LogP contribution is -2.47. The van der Waals surface area contributed by atoms with E-state index in [9.17, 15) is 14.4 Å². The Morgan fingerprint density at radius 2 is 1.74 bits per heavy atom. The van der Waals surface area contributed by atoms with Gasteiger partial charge in [-0.05, 0) is 52.7 Å². The zero-order valence-electron chi connectivity index (χ0n) is 18.3. The van der Waals surface area contributed by atoms with Crippen LogP contribution in [0.3, 0.4) is 0 Å². The molecule has 2 aromatic rings. The highest BCUT2D eigenvalue weighted by Gasteiger charge is 2.28. The summed E-state index contributed by atoms with van der Waals surface area (Å²) in [6.45, 7) is 8.43. The molecule has 9 heteroatoms. The maximum atomic E-state index is 12.7. The van der Waals surface area contributed by atoms with Gasteiger partial charge in [0.15, 0.2) is 0 Å². The fourth-order valence-electron chi connectivity index (χ4n) is 3.24. The predicted molar refractivity (Wildman–Crippen MR) is 116 cm³/mol. The van der Waals surface area contributed by atoms with Gasteiger partial charge in [-0.15, -0.1) is 0 Å². The molecular formula is C22H29N5O4. The van der Waals surface area contributed by atoms with Crippen LogP contribution in [0.15, 0.2) is 30.5 Å². The van der Waals surface area contributed by atoms with E-state index in [0.717, 1.165) is 5.56 Å². The van der Waals surface area contributed by atoms with E-state index in [1.165, 1.54) is 6.20 Å². The van der Waals surface area contributed by atoms with E-state index in [4.69, 9.17) is 4.74 Å². The molecule has 0 bridgehead atoms. The fraction of sp³-hybridized carbons (Fsp3) is 0.455. The van der Waals surface area contributed by atoms with Gasteiger partial charge in [-0.1, -0.05) is 17.7 Å². The number of benzene rings is 1. The number of aromatic amines is 1. The smallest absolute Gasteiger partial charge is 0.410 e. The summed E-state index contributed by atoms with van der Waals surface area (Å²) < 4.78 is 5.39. The molecular weight excluding hydrogens is 398 g/mol. The zero-order valence-corrected chi connectivity index (χ0v) is 18.3. The minimum Gasteiger partial charge on any atom is -0.444 e. The standard InChI is InChI=1S/C22H29N5O4/c1-14-5-7-15(8-6-14)19(28)25-17-13-23-26-18(17)20(29)24-16-9-11-27(12-10-16)21(30)31-22(2,3)4/h5-8,13,16H,9-12H2,1-4H3,(H,23,26)(H,24,29)(H,25,28). The van der Waals surface area contributed by atoms with Crippen LogP contribution in [-0.2, 0) is 4.74 Å². The Labute approximate surface area is 181 Å². The third-order valence-electron chi connectivity index (χ3n) is 4.91. The topological polar surface area (TPSA) is 116 Å². The molecule has 3 amide bonds. The quantitative estimate of drug-likeness (QED) is 0.693. The molecule has 1 saturated heterocycles. The molecule has 1 aliphatic heterocycles. The lowest BCUT2D eigenvalue weighted by molar-refractivity contribution is 0.0199. The summed E-state index contributed by atoms with van der Waals surface area (Å²) in [7, 11) is 0. The van der Waals surface area contributed by atoms with Crippen molar-refractivity contribution in [3.8, 4) is 0 Å². The van der Waals surface area contributed by atoms with E-state index in [0.29, 0.717) is 37.2 Å². The summed E-state index contributed by atoms with van der Waals surface area (Å²) in [4.78, 5) is 39.0. The van der Waals surface area contributed by atoms with Crippen molar-refractivity contribution >= 4 is 23.6 Å². The Hall–Kier alpha value is -3.36. The second-order valence-electron chi connectivity index (χ2n) is 8.69. The van der Waals surface area contributed by atoms with Gasteiger partial charge < -0.3 is 20.3 Å². The molecule has 0 atom stereocenters. The molecule has 2 heterocycles. The molecule has 0 spiro atoms. The number of ether oxygens (including phenoxy) is 1. The second-order valence-corrected chi connectivity index (χ2v) is 8.69. The summed E-state index contributed by atoms with van der Waals surface area (Å²) in [6, 6.07) is 7.06. The average Bonchev–Trinajstić information content (AvgIpc) is 3.16. The van der Waals surface area contributed by atoms with Gasteiger partial charge in [0.1, 0.15) is 11.3 Å². The maximum absolute atomic E-state index is 12.7. The summed E-state index contributed by atoms with van der Waals surface area (Å²) in [5.41, 5.74) is 1.51. The number of aromatic nitrogens is 2. The van der Waals surface area contributed by atoms with Gasteiger partial charge in [0.05, 0.1) is 11.9 Å². The molecule has 1 fully saturated rings. The summed E-state index contributed by atoms with van der Waals surface area (Å²) in [5, 5.41) is 12.2. The van der Waals surface area contributed by atoms with Gasteiger partial charge in [0, 0.05) is 24.7 Å². The first kappa shape index (κ1) is 22.3. The molecule has 1 aromatic heterocycles. The van der Waals surface area contributed by atoms with Crippen LogP contribution in [0, 0.1) is 6.92 Å². The molecule has 1 aromatic carbocycles. The summed E-state index contributed by atoms with van der Waals surface area (Å²) >= 11 is 0. The predicted octanol–water partition coefficient (Wildman–Crippen LogP) is 3.10. The zero-order chi connectivity index (χ0) is 22.6. The van der Waals surface area contributed by atoms with E-state index in [1.54, 1.807) is 17.0 Å². The van der Waals surface area contributed by atoms with Gasteiger partial charge in [0.25, 0.3) is 11.8 Å². The van der Waals surface area contributed by atoms with Gasteiger partial charge in [-0.3, -0.25) is 14.7 Å². The van der Waals surface area contributed by atoms with Crippen LogP contribution in [0.5, 0.6) is 0 Å². The van der Waals surface area contributed by atoms with Gasteiger partial charge in [-0.25, -0.2) is 4.79 Å². The first-order valence-corrected chi connectivity index (χ1v) is 10.3. The van der Waals surface area contributed by atoms with Crippen LogP contribution in [0.1, 0.15) is 60.0 Å². The van der Waals surface area contributed by atoms with Crippen molar-refractivity contribution in [1.29, 1.82) is 0 Å². The van der Waals surface area contributed by atoms with Crippen LogP contribution >= 0.6 is 0 Å². The molecule has 31 heavy (non-hydrogen) atoms. The highest BCUT2D eigenvalue weighted by molar-refractivity contribution is 6.08. The van der Waals surface area contributed by atoms with Crippen molar-refractivity contribution in [1.82, 2.24) is 20.4 Å². The first-order chi connectivity index (χ1) is 14.6. The highest BCUT2D eigenvalue weighted by Crippen LogP contribution is 2.18. The number of nitrogens with one attached hydrogen (secondary N) is 3. The van der Waals surface area contributed by atoms with Crippen LogP contribution in [-0.4, -0.2) is 57.7 Å². The number of nitrogens with zero attached hydrogens (tertiary/aromatic N) is 2. The number of carbonyl (C=O) groups excluding carboxylic acids is 3. The van der Waals surface area contributed by atoms with Crippen LogP contribution in [0.2, 0.25) is 0 Å². The highest BCUT2D eigenvalue weighted by atomic mass is 16.6. The van der Waals surface area contributed by atoms with E-state index in [1.807, 2.05) is 39.8 Å². The van der Waals surface area contributed by atoms with Crippen molar-refractivity contribution in [3.63, 3.8) is 0 Å². The van der Waals surface area contributed by atoms with Gasteiger partial charge in [-0.2, -0.15) is 5.10 Å². The number of aryl methyl sites for hydroxylation is 1. The minimum absolute atomic E-state index is 0.0878. The van der Waals surface area contributed by atoms with E-state index in [-0.39, 0.29) is 29.6 Å². The van der Waals surface area contributed by atoms with Crippen molar-refractivity contribution in [2.75, 3.05) is 18.4 Å². The number of likely N-dealkylation sites (tertiary alicyclic amines) is 1. The van der Waals surface area contributed by atoms with E-state index < -0.39 is 5.60 Å². The third kappa shape index (κ3) is 6.07. The number of carbonyl (C=O) groups is 3. The van der Waals surface area contributed by atoms with Crippen molar-refractivity contribution in [2.24, 2.45) is 0 Å². The Morgan fingerprint density at radius 3 is 2.35 bits per heavy atom. The first-order valence-electron chi connectivity index (χ1n) is 10.3. The Kier molecular flexibility index (Phi) is 6.62. The molecule has 0 unspecified atom stereocenters. The number of H-pyrrole nitrogens is 1. The lowest BCUT2D eigenvalue weighted by atomic mass is 10.1. The van der Waals surface area contributed by atoms with Gasteiger partial charge in [0.2, 0.25) is 0 Å². The molecule has 0 aliphatic carbocycles. The Morgan fingerprint density at radius 1 is 1.10 bits per heavy atom. The maximum Gasteiger partial charge on any atom is 0.410 e. The molecule has 0 saturated carbocycles. The molecule has 3 rings (SSSR count). The molecule has 3 N–H and O–H groups in total.